The van der Waals surface area contributed by atoms with E-state index in [1.54, 1.807) is 0 Å². The second-order valence-corrected chi connectivity index (χ2v) is 22.6. The van der Waals surface area contributed by atoms with Crippen molar-refractivity contribution in [3.05, 3.63) is 185 Å². The molecule has 64 heavy (non-hydrogen) atoms. The van der Waals surface area contributed by atoms with Crippen molar-refractivity contribution in [2.24, 2.45) is 0 Å². The molecule has 0 aromatic heterocycles. The van der Waals surface area contributed by atoms with Crippen molar-refractivity contribution >= 4 is 17.1 Å². The third kappa shape index (κ3) is 8.40. The monoisotopic (exact) mass is 840 g/mol. The maximum atomic E-state index is 2.50. The lowest BCUT2D eigenvalue weighted by Gasteiger charge is -2.30. The van der Waals surface area contributed by atoms with Crippen LogP contribution in [0.15, 0.2) is 152 Å². The molecule has 326 valence electrons. The highest BCUT2D eigenvalue weighted by Crippen LogP contribution is 2.51. The minimum absolute atomic E-state index is 0.0185. The van der Waals surface area contributed by atoms with Gasteiger partial charge in [-0.15, -0.1) is 0 Å². The lowest BCUT2D eigenvalue weighted by atomic mass is 9.78. The fraction of sp³-hybridized carbons (Fsp3) is 0.333. The third-order valence-electron chi connectivity index (χ3n) is 14.5. The van der Waals surface area contributed by atoms with Crippen molar-refractivity contribution in [1.29, 1.82) is 0 Å². The molecule has 0 unspecified atom stereocenters. The molecule has 1 fully saturated rings. The number of rotatable bonds is 7. The van der Waals surface area contributed by atoms with Crippen LogP contribution in [0.5, 0.6) is 0 Å². The molecular weight excluding hydrogens is 771 g/mol. The maximum Gasteiger partial charge on any atom is 0.0540 e. The van der Waals surface area contributed by atoms with Gasteiger partial charge in [-0.1, -0.05) is 211 Å². The Labute approximate surface area is 385 Å². The molecule has 2 aliphatic rings. The topological polar surface area (TPSA) is 3.24 Å². The Kier molecular flexibility index (Phi) is 11.2. The number of para-hydroxylation sites is 1. The molecule has 1 heteroatoms. The van der Waals surface area contributed by atoms with Crippen molar-refractivity contribution in [2.45, 2.75) is 136 Å². The van der Waals surface area contributed by atoms with Gasteiger partial charge in [0.1, 0.15) is 0 Å². The Morgan fingerprint density at radius 1 is 0.406 bits per heavy atom. The quantitative estimate of drug-likeness (QED) is 0.155. The van der Waals surface area contributed by atoms with Crippen LogP contribution in [0.1, 0.15) is 148 Å². The van der Waals surface area contributed by atoms with E-state index in [-0.39, 0.29) is 21.7 Å². The smallest absolute Gasteiger partial charge is 0.0540 e. The van der Waals surface area contributed by atoms with E-state index in [9.17, 15) is 0 Å². The fourth-order valence-corrected chi connectivity index (χ4v) is 10.4. The molecule has 0 heterocycles. The molecule has 0 N–H and O–H groups in total. The molecule has 1 nitrogen and oxygen atoms in total. The van der Waals surface area contributed by atoms with Gasteiger partial charge in [0.2, 0.25) is 0 Å². The molecule has 0 atom stereocenters. The molecule has 9 rings (SSSR count). The van der Waals surface area contributed by atoms with E-state index in [1.165, 1.54) is 121 Å². The summed E-state index contributed by atoms with van der Waals surface area (Å²) in [7, 11) is 0. The molecule has 7 aromatic carbocycles. The van der Waals surface area contributed by atoms with Crippen molar-refractivity contribution in [2.75, 3.05) is 4.90 Å². The normalized spacial score (nSPS) is 15.2. The van der Waals surface area contributed by atoms with Gasteiger partial charge in [0.15, 0.2) is 0 Å². The first kappa shape index (κ1) is 43.6. The van der Waals surface area contributed by atoms with Crippen LogP contribution in [0.2, 0.25) is 0 Å². The van der Waals surface area contributed by atoms with Crippen LogP contribution in [0, 0.1) is 0 Å². The van der Waals surface area contributed by atoms with Crippen LogP contribution < -0.4 is 4.90 Å². The van der Waals surface area contributed by atoms with Gasteiger partial charge in [0.25, 0.3) is 0 Å². The summed E-state index contributed by atoms with van der Waals surface area (Å²) in [6.45, 7) is 25.7. The summed E-state index contributed by atoms with van der Waals surface area (Å²) in [5.41, 5.74) is 22.0. The average molecular weight is 840 g/mol. The number of hydrogen-bond donors (Lipinski definition) is 0. The summed E-state index contributed by atoms with van der Waals surface area (Å²) < 4.78 is 0. The van der Waals surface area contributed by atoms with Crippen molar-refractivity contribution in [3.63, 3.8) is 0 Å². The van der Waals surface area contributed by atoms with Crippen LogP contribution in [0.4, 0.5) is 17.1 Å². The van der Waals surface area contributed by atoms with Crippen LogP contribution in [0.3, 0.4) is 0 Å². The lowest BCUT2D eigenvalue weighted by Crippen LogP contribution is -2.17. The van der Waals surface area contributed by atoms with Gasteiger partial charge in [0.05, 0.1) is 5.69 Å². The standard InChI is InChI=1S/C63H69N/c1-60(2,3)49-36-46(35-47(37-49)48-38-50(61(4,5)6)40-51(39-48)62(7,8)9)44-29-31-52(32-30-44)64(53-33-34-56-55-22-15-17-23-57(55)63(10,11)58(56)41-53)59-24-18-16-21-54(59)45-27-25-43(26-28-45)42-19-13-12-14-20-42/h15-18,21-42H,12-14,19-20H2,1-11H3. The molecule has 0 aliphatic heterocycles. The number of benzene rings is 7. The molecule has 0 saturated heterocycles. The van der Waals surface area contributed by atoms with Gasteiger partial charge in [-0.3, -0.25) is 0 Å². The number of nitrogens with zero attached hydrogens (tertiary/aromatic N) is 1. The minimum Gasteiger partial charge on any atom is -0.310 e. The Balaban J connectivity index is 1.17. The van der Waals surface area contributed by atoms with Crippen molar-refractivity contribution in [3.8, 4) is 44.5 Å². The van der Waals surface area contributed by atoms with E-state index in [2.05, 4.69) is 233 Å². The predicted molar refractivity (Wildman–Crippen MR) is 277 cm³/mol. The first-order valence-electron chi connectivity index (χ1n) is 24.0. The highest BCUT2D eigenvalue weighted by molar-refractivity contribution is 5.91. The molecule has 7 aromatic rings. The number of anilines is 3. The summed E-state index contributed by atoms with van der Waals surface area (Å²) in [6, 6.07) is 58.6. The minimum atomic E-state index is -0.109. The van der Waals surface area contributed by atoms with Gasteiger partial charge in [-0.25, -0.2) is 0 Å². The SMILES string of the molecule is CC(C)(C)c1cc(-c2ccc(N(c3ccc4c(c3)C(C)(C)c3ccccc3-4)c3ccccc3-c3ccc(C4CCCCC4)cc3)cc2)cc(-c2cc(C(C)(C)C)cc(C(C)(C)C)c2)c1. The molecule has 0 bridgehead atoms. The molecule has 1 saturated carbocycles. The Bertz CT molecular complexity index is 2770. The van der Waals surface area contributed by atoms with E-state index < -0.39 is 0 Å². The van der Waals surface area contributed by atoms with Crippen LogP contribution in [0.25, 0.3) is 44.5 Å². The zero-order valence-electron chi connectivity index (χ0n) is 40.5. The van der Waals surface area contributed by atoms with Crippen molar-refractivity contribution < 1.29 is 0 Å². The first-order valence-corrected chi connectivity index (χ1v) is 24.0. The highest BCUT2D eigenvalue weighted by Gasteiger charge is 2.36. The zero-order valence-corrected chi connectivity index (χ0v) is 40.5. The van der Waals surface area contributed by atoms with Gasteiger partial charge >= 0.3 is 0 Å². The van der Waals surface area contributed by atoms with Crippen LogP contribution >= 0.6 is 0 Å². The van der Waals surface area contributed by atoms with E-state index in [0.717, 1.165) is 5.69 Å². The number of fused-ring (bicyclic) bond motifs is 3. The molecule has 0 amide bonds. The van der Waals surface area contributed by atoms with Gasteiger partial charge in [-0.05, 0) is 144 Å². The summed E-state index contributed by atoms with van der Waals surface area (Å²) in [5, 5.41) is 0. The van der Waals surface area contributed by atoms with E-state index in [1.807, 2.05) is 0 Å². The zero-order chi connectivity index (χ0) is 45.2. The average Bonchev–Trinajstić information content (AvgIpc) is 3.51. The summed E-state index contributed by atoms with van der Waals surface area (Å²) in [6.07, 6.45) is 6.68. The maximum absolute atomic E-state index is 2.50. The second kappa shape index (κ2) is 16.4. The summed E-state index contributed by atoms with van der Waals surface area (Å²) in [4.78, 5) is 2.50. The lowest BCUT2D eigenvalue weighted by molar-refractivity contribution is 0.443. The largest absolute Gasteiger partial charge is 0.310 e. The van der Waals surface area contributed by atoms with Crippen LogP contribution in [-0.2, 0) is 21.7 Å². The molecule has 2 aliphatic carbocycles. The molecule has 0 spiro atoms. The Hall–Kier alpha value is -5.66. The van der Waals surface area contributed by atoms with E-state index in [4.69, 9.17) is 0 Å². The predicted octanol–water partition coefficient (Wildman–Crippen LogP) is 18.4. The third-order valence-corrected chi connectivity index (χ3v) is 14.5. The summed E-state index contributed by atoms with van der Waals surface area (Å²) >= 11 is 0. The Morgan fingerprint density at radius 2 is 0.891 bits per heavy atom. The van der Waals surface area contributed by atoms with E-state index in [0.29, 0.717) is 5.92 Å². The van der Waals surface area contributed by atoms with Crippen molar-refractivity contribution in [1.82, 2.24) is 0 Å². The molecular formula is C63H69N. The summed E-state index contributed by atoms with van der Waals surface area (Å²) in [5.74, 6) is 0.682. The van der Waals surface area contributed by atoms with Gasteiger partial charge in [0, 0.05) is 22.4 Å². The van der Waals surface area contributed by atoms with Crippen LogP contribution in [-0.4, -0.2) is 0 Å². The van der Waals surface area contributed by atoms with E-state index >= 15 is 0 Å². The fourth-order valence-electron chi connectivity index (χ4n) is 10.4. The van der Waals surface area contributed by atoms with Gasteiger partial charge in [-0.2, -0.15) is 0 Å². The highest BCUT2D eigenvalue weighted by atomic mass is 15.1. The second-order valence-electron chi connectivity index (χ2n) is 22.6. The van der Waals surface area contributed by atoms with Gasteiger partial charge < -0.3 is 4.90 Å². The molecule has 0 radical (unpaired) electrons. The Morgan fingerprint density at radius 3 is 1.50 bits per heavy atom. The first-order chi connectivity index (χ1) is 30.4. The number of hydrogen-bond acceptors (Lipinski definition) is 1.